The first kappa shape index (κ1) is 17.9. The summed E-state index contributed by atoms with van der Waals surface area (Å²) in [4.78, 5) is 18.0. The van der Waals surface area contributed by atoms with E-state index in [1.165, 1.54) is 11.1 Å². The highest BCUT2D eigenvalue weighted by Gasteiger charge is 2.17. The highest BCUT2D eigenvalue weighted by Crippen LogP contribution is 2.33. The Bertz CT molecular complexity index is 893. The molecule has 5 heteroatoms. The van der Waals surface area contributed by atoms with Gasteiger partial charge >= 0.3 is 0 Å². The van der Waals surface area contributed by atoms with Gasteiger partial charge in [0.05, 0.1) is 0 Å². The van der Waals surface area contributed by atoms with Gasteiger partial charge in [0.25, 0.3) is 5.91 Å². The standard InChI is InChI=1S/C21H24N4O/c1-25(2)13-14-5-3-7-16(11-14)18-8-4-6-15-9-10-17(12-19(15)18)20(26)24-21(22)23/h3,5,7-12H,4,6,13H2,1-2H3,(H4,22,23,24,26). The maximum absolute atomic E-state index is 12.2. The molecule has 0 saturated carbocycles. The molecule has 1 aliphatic carbocycles. The lowest BCUT2D eigenvalue weighted by Crippen LogP contribution is -2.24. The Morgan fingerprint density at radius 1 is 1.15 bits per heavy atom. The van der Waals surface area contributed by atoms with Crippen LogP contribution in [0.25, 0.3) is 5.57 Å². The zero-order valence-electron chi connectivity index (χ0n) is 15.2. The molecule has 0 aromatic heterocycles. The quantitative estimate of drug-likeness (QED) is 0.657. The predicted octanol–water partition coefficient (Wildman–Crippen LogP) is 2.54. The molecule has 2 aromatic rings. The van der Waals surface area contributed by atoms with E-state index in [-0.39, 0.29) is 5.96 Å². The van der Waals surface area contributed by atoms with Gasteiger partial charge in [-0.15, -0.1) is 0 Å². The molecule has 0 spiro atoms. The van der Waals surface area contributed by atoms with Crippen LogP contribution < -0.4 is 11.5 Å². The van der Waals surface area contributed by atoms with Gasteiger partial charge in [0, 0.05) is 12.1 Å². The highest BCUT2D eigenvalue weighted by molar-refractivity contribution is 6.02. The van der Waals surface area contributed by atoms with Crippen molar-refractivity contribution in [1.29, 1.82) is 0 Å². The Morgan fingerprint density at radius 3 is 2.69 bits per heavy atom. The third-order valence-corrected chi connectivity index (χ3v) is 4.38. The number of amides is 1. The summed E-state index contributed by atoms with van der Waals surface area (Å²) in [6.07, 6.45) is 4.19. The van der Waals surface area contributed by atoms with Gasteiger partial charge in [0.15, 0.2) is 5.96 Å². The van der Waals surface area contributed by atoms with Crippen LogP contribution >= 0.6 is 0 Å². The van der Waals surface area contributed by atoms with Crippen LogP contribution in [-0.2, 0) is 13.0 Å². The number of allylic oxidation sites excluding steroid dienone is 1. The minimum Gasteiger partial charge on any atom is -0.370 e. The SMILES string of the molecule is CN(C)Cc1cccc(C2=CCCc3ccc(C(=O)N=C(N)N)cc32)c1. The Morgan fingerprint density at radius 2 is 1.96 bits per heavy atom. The fraction of sp³-hybridized carbons (Fsp3) is 0.238. The van der Waals surface area contributed by atoms with Crippen LogP contribution in [0.1, 0.15) is 39.0 Å². The van der Waals surface area contributed by atoms with Crippen LogP contribution in [0, 0.1) is 0 Å². The third kappa shape index (κ3) is 4.00. The smallest absolute Gasteiger partial charge is 0.280 e. The van der Waals surface area contributed by atoms with Gasteiger partial charge < -0.3 is 16.4 Å². The van der Waals surface area contributed by atoms with E-state index in [9.17, 15) is 4.79 Å². The highest BCUT2D eigenvalue weighted by atomic mass is 16.1. The Labute approximate surface area is 154 Å². The molecule has 0 bridgehead atoms. The average molecular weight is 348 g/mol. The maximum atomic E-state index is 12.2. The Hall–Kier alpha value is -2.92. The summed E-state index contributed by atoms with van der Waals surface area (Å²) in [6, 6.07) is 14.2. The van der Waals surface area contributed by atoms with Gasteiger partial charge in [-0.2, -0.15) is 4.99 Å². The van der Waals surface area contributed by atoms with Crippen molar-refractivity contribution >= 4 is 17.4 Å². The minimum atomic E-state index is -0.418. The number of nitrogens with zero attached hydrogens (tertiary/aromatic N) is 2. The molecule has 2 aromatic carbocycles. The van der Waals surface area contributed by atoms with Crippen molar-refractivity contribution in [3.63, 3.8) is 0 Å². The zero-order valence-corrected chi connectivity index (χ0v) is 15.2. The second-order valence-electron chi connectivity index (χ2n) is 6.81. The summed E-state index contributed by atoms with van der Waals surface area (Å²) in [6.45, 7) is 0.886. The number of carbonyl (C=O) groups is 1. The van der Waals surface area contributed by atoms with Crippen molar-refractivity contribution in [2.45, 2.75) is 19.4 Å². The third-order valence-electron chi connectivity index (χ3n) is 4.38. The molecule has 1 aliphatic rings. The van der Waals surface area contributed by atoms with Crippen LogP contribution in [0.3, 0.4) is 0 Å². The van der Waals surface area contributed by atoms with Crippen LogP contribution in [0.5, 0.6) is 0 Å². The van der Waals surface area contributed by atoms with Crippen molar-refractivity contribution in [2.24, 2.45) is 16.5 Å². The molecule has 0 fully saturated rings. The average Bonchev–Trinajstić information content (AvgIpc) is 2.60. The Kier molecular flexibility index (Phi) is 5.19. The first-order chi connectivity index (χ1) is 12.4. The van der Waals surface area contributed by atoms with Gasteiger partial charge in [-0.3, -0.25) is 4.79 Å². The number of nitrogens with two attached hydrogens (primary N) is 2. The van der Waals surface area contributed by atoms with Gasteiger partial charge in [-0.1, -0.05) is 30.3 Å². The fourth-order valence-corrected chi connectivity index (χ4v) is 3.32. The van der Waals surface area contributed by atoms with E-state index in [2.05, 4.69) is 54.3 Å². The molecule has 0 radical (unpaired) electrons. The van der Waals surface area contributed by atoms with Gasteiger partial charge in [0.2, 0.25) is 0 Å². The van der Waals surface area contributed by atoms with Crippen molar-refractivity contribution in [2.75, 3.05) is 14.1 Å². The van der Waals surface area contributed by atoms with E-state index in [4.69, 9.17) is 11.5 Å². The number of hydrogen-bond acceptors (Lipinski definition) is 2. The molecule has 0 aliphatic heterocycles. The second-order valence-corrected chi connectivity index (χ2v) is 6.81. The molecule has 1 amide bonds. The van der Waals surface area contributed by atoms with Crippen molar-refractivity contribution in [3.8, 4) is 0 Å². The first-order valence-electron chi connectivity index (χ1n) is 8.65. The first-order valence-corrected chi connectivity index (χ1v) is 8.65. The molecule has 0 atom stereocenters. The van der Waals surface area contributed by atoms with Crippen molar-refractivity contribution in [3.05, 3.63) is 76.4 Å². The van der Waals surface area contributed by atoms with Crippen molar-refractivity contribution in [1.82, 2.24) is 4.90 Å². The lowest BCUT2D eigenvalue weighted by molar-refractivity contribution is 0.100. The van der Waals surface area contributed by atoms with Crippen LogP contribution in [-0.4, -0.2) is 30.9 Å². The normalized spacial score (nSPS) is 13.1. The van der Waals surface area contributed by atoms with E-state index in [0.29, 0.717) is 5.56 Å². The predicted molar refractivity (Wildman–Crippen MR) is 106 cm³/mol. The van der Waals surface area contributed by atoms with Crippen LogP contribution in [0.15, 0.2) is 53.5 Å². The lowest BCUT2D eigenvalue weighted by Gasteiger charge is -2.20. The van der Waals surface area contributed by atoms with Gasteiger partial charge in [-0.25, -0.2) is 0 Å². The molecular weight excluding hydrogens is 324 g/mol. The van der Waals surface area contributed by atoms with E-state index in [1.54, 1.807) is 6.07 Å². The molecular formula is C21H24N4O. The zero-order chi connectivity index (χ0) is 18.7. The van der Waals surface area contributed by atoms with E-state index >= 15 is 0 Å². The number of aryl methyl sites for hydroxylation is 1. The number of rotatable bonds is 4. The fourth-order valence-electron chi connectivity index (χ4n) is 3.32. The topological polar surface area (TPSA) is 84.7 Å². The van der Waals surface area contributed by atoms with Crippen molar-refractivity contribution < 1.29 is 4.79 Å². The summed E-state index contributed by atoms with van der Waals surface area (Å²) >= 11 is 0. The number of benzene rings is 2. The van der Waals surface area contributed by atoms with E-state index < -0.39 is 5.91 Å². The minimum absolute atomic E-state index is 0.222. The molecule has 5 nitrogen and oxygen atoms in total. The molecule has 4 N–H and O–H groups in total. The van der Waals surface area contributed by atoms with E-state index in [0.717, 1.165) is 36.1 Å². The summed E-state index contributed by atoms with van der Waals surface area (Å²) < 4.78 is 0. The molecule has 26 heavy (non-hydrogen) atoms. The summed E-state index contributed by atoms with van der Waals surface area (Å²) in [5.74, 6) is -0.640. The van der Waals surface area contributed by atoms with Crippen LogP contribution in [0.2, 0.25) is 0 Å². The number of fused-ring (bicyclic) bond motifs is 1. The largest absolute Gasteiger partial charge is 0.370 e. The molecule has 0 unspecified atom stereocenters. The Balaban J connectivity index is 2.01. The summed E-state index contributed by atoms with van der Waals surface area (Å²) in [5, 5.41) is 0. The van der Waals surface area contributed by atoms with E-state index in [1.807, 2.05) is 12.1 Å². The summed E-state index contributed by atoms with van der Waals surface area (Å²) in [7, 11) is 4.12. The van der Waals surface area contributed by atoms with Crippen LogP contribution in [0.4, 0.5) is 0 Å². The molecule has 134 valence electrons. The number of hydrogen-bond donors (Lipinski definition) is 2. The van der Waals surface area contributed by atoms with Gasteiger partial charge in [0.1, 0.15) is 0 Å². The second kappa shape index (κ2) is 7.54. The lowest BCUT2D eigenvalue weighted by atomic mass is 9.85. The molecule has 0 saturated heterocycles. The maximum Gasteiger partial charge on any atom is 0.280 e. The monoisotopic (exact) mass is 348 g/mol. The number of guanidine groups is 1. The van der Waals surface area contributed by atoms with Gasteiger partial charge in [-0.05, 0) is 73.0 Å². The summed E-state index contributed by atoms with van der Waals surface area (Å²) in [5.41, 5.74) is 17.1. The molecule has 3 rings (SSSR count). The number of carbonyl (C=O) groups excluding carboxylic acids is 1. The molecule has 0 heterocycles. The number of aliphatic imine (C=N–C) groups is 1.